The van der Waals surface area contributed by atoms with Crippen molar-refractivity contribution in [3.63, 3.8) is 0 Å². The molecule has 168 valence electrons. The highest BCUT2D eigenvalue weighted by atomic mass is 35.5. The summed E-state index contributed by atoms with van der Waals surface area (Å²) < 4.78 is 6.13. The summed E-state index contributed by atoms with van der Waals surface area (Å²) in [5.74, 6) is 0.999. The van der Waals surface area contributed by atoms with Crippen LogP contribution in [0.2, 0.25) is 5.02 Å². The Bertz CT molecular complexity index is 1160. The van der Waals surface area contributed by atoms with Gasteiger partial charge < -0.3 is 4.42 Å². The van der Waals surface area contributed by atoms with Crippen molar-refractivity contribution in [2.45, 2.75) is 31.5 Å². The smallest absolute Gasteiger partial charge is 0.249 e. The first-order chi connectivity index (χ1) is 16.3. The molecular weight excluding hydrogens is 432 g/mol. The average molecular weight is 459 g/mol. The molecule has 1 aromatic heterocycles. The summed E-state index contributed by atoms with van der Waals surface area (Å²) in [7, 11) is 0. The summed E-state index contributed by atoms with van der Waals surface area (Å²) in [6, 6.07) is 28.7. The maximum Gasteiger partial charge on any atom is 0.249 e. The van der Waals surface area contributed by atoms with E-state index in [1.165, 1.54) is 5.56 Å². The molecule has 0 spiro atoms. The van der Waals surface area contributed by atoms with E-state index in [0.29, 0.717) is 22.8 Å². The molecule has 0 radical (unpaired) electrons. The molecule has 3 aromatic carbocycles. The molecule has 0 unspecified atom stereocenters. The van der Waals surface area contributed by atoms with E-state index < -0.39 is 0 Å². The Labute approximate surface area is 199 Å². The van der Waals surface area contributed by atoms with Gasteiger partial charge in [0.2, 0.25) is 11.8 Å². The lowest BCUT2D eigenvalue weighted by molar-refractivity contribution is 0.184. The van der Waals surface area contributed by atoms with E-state index in [1.54, 1.807) is 0 Å². The van der Waals surface area contributed by atoms with Crippen molar-refractivity contribution in [2.75, 3.05) is 13.1 Å². The molecule has 1 atom stereocenters. The zero-order chi connectivity index (χ0) is 22.5. The summed E-state index contributed by atoms with van der Waals surface area (Å²) in [5, 5.41) is 13.1. The molecule has 4 aromatic rings. The van der Waals surface area contributed by atoms with Crippen LogP contribution in [0.25, 0.3) is 11.5 Å². The number of hydrogen-bond donors (Lipinski definition) is 1. The van der Waals surface area contributed by atoms with Gasteiger partial charge in [-0.1, -0.05) is 84.4 Å². The van der Waals surface area contributed by atoms with Crippen LogP contribution in [0, 0.1) is 0 Å². The molecule has 5 rings (SSSR count). The van der Waals surface area contributed by atoms with Crippen molar-refractivity contribution in [1.29, 1.82) is 0 Å². The Morgan fingerprint density at radius 1 is 0.879 bits per heavy atom. The van der Waals surface area contributed by atoms with E-state index >= 15 is 0 Å². The Balaban J connectivity index is 1.30. The Morgan fingerprint density at radius 3 is 2.27 bits per heavy atom. The van der Waals surface area contributed by atoms with Gasteiger partial charge in [-0.15, -0.1) is 10.2 Å². The quantitative estimate of drug-likeness (QED) is 0.383. The van der Waals surface area contributed by atoms with Gasteiger partial charge in [0.15, 0.2) is 0 Å². The fourth-order valence-corrected chi connectivity index (χ4v) is 4.60. The highest BCUT2D eigenvalue weighted by molar-refractivity contribution is 6.33. The lowest BCUT2D eigenvalue weighted by Crippen LogP contribution is -2.43. The van der Waals surface area contributed by atoms with E-state index in [1.807, 2.05) is 42.5 Å². The van der Waals surface area contributed by atoms with E-state index in [2.05, 4.69) is 62.9 Å². The van der Waals surface area contributed by atoms with Gasteiger partial charge in [0, 0.05) is 12.6 Å². The highest BCUT2D eigenvalue weighted by Gasteiger charge is 2.27. The summed E-state index contributed by atoms with van der Waals surface area (Å²) in [6.07, 6.45) is 2.14. The SMILES string of the molecule is Clc1ccccc1-c1nnc([C@H](NC2CCN(Cc3ccccc3)CC2)c2ccccc2)o1. The van der Waals surface area contributed by atoms with Crippen LogP contribution in [0.3, 0.4) is 0 Å². The van der Waals surface area contributed by atoms with E-state index in [0.717, 1.165) is 43.6 Å². The van der Waals surface area contributed by atoms with Crippen LogP contribution in [-0.2, 0) is 6.54 Å². The minimum absolute atomic E-state index is 0.166. The van der Waals surface area contributed by atoms with Crippen LogP contribution in [-0.4, -0.2) is 34.2 Å². The lowest BCUT2D eigenvalue weighted by Gasteiger charge is -2.34. The number of likely N-dealkylation sites (tertiary alicyclic amines) is 1. The van der Waals surface area contributed by atoms with Crippen molar-refractivity contribution < 1.29 is 4.42 Å². The molecule has 33 heavy (non-hydrogen) atoms. The highest BCUT2D eigenvalue weighted by Crippen LogP contribution is 2.30. The Kier molecular flexibility index (Phi) is 6.81. The molecule has 0 amide bonds. The van der Waals surface area contributed by atoms with Crippen LogP contribution in [0.4, 0.5) is 0 Å². The van der Waals surface area contributed by atoms with Crippen LogP contribution in [0.15, 0.2) is 89.3 Å². The first-order valence-corrected chi connectivity index (χ1v) is 11.8. The maximum atomic E-state index is 6.34. The predicted octanol–water partition coefficient (Wildman–Crippen LogP) is 5.73. The molecule has 1 aliphatic heterocycles. The lowest BCUT2D eigenvalue weighted by atomic mass is 10.00. The van der Waals surface area contributed by atoms with Gasteiger partial charge in [0.1, 0.15) is 6.04 Å². The van der Waals surface area contributed by atoms with Crippen LogP contribution in [0.5, 0.6) is 0 Å². The molecule has 1 saturated heterocycles. The monoisotopic (exact) mass is 458 g/mol. The number of nitrogens with zero attached hydrogens (tertiary/aromatic N) is 3. The third kappa shape index (κ3) is 5.33. The predicted molar refractivity (Wildman–Crippen MR) is 131 cm³/mol. The fraction of sp³-hybridized carbons (Fsp3) is 0.259. The minimum atomic E-state index is -0.166. The van der Waals surface area contributed by atoms with Crippen LogP contribution >= 0.6 is 11.6 Å². The van der Waals surface area contributed by atoms with Crippen molar-refractivity contribution >= 4 is 11.6 Å². The van der Waals surface area contributed by atoms with Crippen molar-refractivity contribution in [3.05, 3.63) is 107 Å². The zero-order valence-corrected chi connectivity index (χ0v) is 19.2. The number of halogens is 1. The van der Waals surface area contributed by atoms with Crippen molar-refractivity contribution in [2.24, 2.45) is 0 Å². The van der Waals surface area contributed by atoms with Crippen LogP contribution < -0.4 is 5.32 Å². The molecule has 2 heterocycles. The first-order valence-electron chi connectivity index (χ1n) is 11.4. The molecule has 0 saturated carbocycles. The van der Waals surface area contributed by atoms with Gasteiger partial charge in [0.05, 0.1) is 10.6 Å². The third-order valence-corrected chi connectivity index (χ3v) is 6.49. The second-order valence-electron chi connectivity index (χ2n) is 8.47. The van der Waals surface area contributed by atoms with E-state index in [4.69, 9.17) is 16.0 Å². The van der Waals surface area contributed by atoms with Crippen LogP contribution in [0.1, 0.15) is 35.9 Å². The Morgan fingerprint density at radius 2 is 1.55 bits per heavy atom. The summed E-state index contributed by atoms with van der Waals surface area (Å²) in [5.41, 5.74) is 3.22. The molecule has 6 heteroatoms. The average Bonchev–Trinajstić information content (AvgIpc) is 3.35. The summed E-state index contributed by atoms with van der Waals surface area (Å²) >= 11 is 6.34. The summed E-state index contributed by atoms with van der Waals surface area (Å²) in [4.78, 5) is 2.52. The van der Waals surface area contributed by atoms with Gasteiger partial charge >= 0.3 is 0 Å². The molecule has 1 N–H and O–H groups in total. The summed E-state index contributed by atoms with van der Waals surface area (Å²) in [6.45, 7) is 3.12. The third-order valence-electron chi connectivity index (χ3n) is 6.16. The van der Waals surface area contributed by atoms with Crippen molar-refractivity contribution in [1.82, 2.24) is 20.4 Å². The van der Waals surface area contributed by atoms with Gasteiger partial charge in [-0.2, -0.15) is 0 Å². The van der Waals surface area contributed by atoms with E-state index in [-0.39, 0.29) is 6.04 Å². The second kappa shape index (κ2) is 10.3. The topological polar surface area (TPSA) is 54.2 Å². The fourth-order valence-electron chi connectivity index (χ4n) is 4.39. The van der Waals surface area contributed by atoms with Gasteiger partial charge in [-0.05, 0) is 49.2 Å². The van der Waals surface area contributed by atoms with Gasteiger partial charge in [-0.3, -0.25) is 10.2 Å². The second-order valence-corrected chi connectivity index (χ2v) is 8.88. The standard InChI is InChI=1S/C27H27ClN4O/c28-24-14-8-7-13-23(24)26-30-31-27(33-26)25(21-11-5-2-6-12-21)29-22-15-17-32(18-16-22)19-20-9-3-1-4-10-20/h1-14,22,25,29H,15-19H2/t25-/m1/s1. The number of hydrogen-bond acceptors (Lipinski definition) is 5. The molecule has 0 aliphatic carbocycles. The first kappa shape index (κ1) is 21.8. The number of benzene rings is 3. The number of rotatable bonds is 7. The zero-order valence-electron chi connectivity index (χ0n) is 18.4. The Hall–Kier alpha value is -2.99. The normalized spacial score (nSPS) is 16.0. The number of nitrogens with one attached hydrogen (secondary N) is 1. The number of aromatic nitrogens is 2. The van der Waals surface area contributed by atoms with Gasteiger partial charge in [0.25, 0.3) is 0 Å². The van der Waals surface area contributed by atoms with Gasteiger partial charge in [-0.25, -0.2) is 0 Å². The minimum Gasteiger partial charge on any atom is -0.419 e. The molecule has 0 bridgehead atoms. The largest absolute Gasteiger partial charge is 0.419 e. The molecule has 1 aliphatic rings. The van der Waals surface area contributed by atoms with Crippen molar-refractivity contribution in [3.8, 4) is 11.5 Å². The maximum absolute atomic E-state index is 6.34. The van der Waals surface area contributed by atoms with E-state index in [9.17, 15) is 0 Å². The molecule has 1 fully saturated rings. The molecule has 5 nitrogen and oxygen atoms in total. The number of piperidine rings is 1. The molecular formula is C27H27ClN4O.